The minimum atomic E-state index is -0.214. The smallest absolute Gasteiger partial charge is 0.313 e. The molecule has 0 aromatic heterocycles. The maximum Gasteiger partial charge on any atom is 0.313 e. The molecule has 0 unspecified atom stereocenters. The van der Waals surface area contributed by atoms with Crippen LogP contribution in [0, 0.1) is 5.92 Å². The SMILES string of the molecule is CC(C)C(=O)Oc1ccc(C(C)(C)C)cc1Br. The van der Waals surface area contributed by atoms with Crippen LogP contribution in [0.2, 0.25) is 0 Å². The zero-order valence-electron chi connectivity index (χ0n) is 11.0. The fourth-order valence-corrected chi connectivity index (χ4v) is 1.74. The molecule has 0 saturated heterocycles. The van der Waals surface area contributed by atoms with Crippen LogP contribution in [0.3, 0.4) is 0 Å². The van der Waals surface area contributed by atoms with Gasteiger partial charge in [-0.3, -0.25) is 4.79 Å². The Balaban J connectivity index is 2.95. The third-order valence-corrected chi connectivity index (χ3v) is 3.10. The Morgan fingerprint density at radius 1 is 1.29 bits per heavy atom. The molecule has 3 heteroatoms. The lowest BCUT2D eigenvalue weighted by Crippen LogP contribution is -2.16. The quantitative estimate of drug-likeness (QED) is 0.601. The van der Waals surface area contributed by atoms with Gasteiger partial charge in [0.15, 0.2) is 0 Å². The summed E-state index contributed by atoms with van der Waals surface area (Å²) < 4.78 is 6.11. The molecule has 0 aliphatic carbocycles. The number of carbonyl (C=O) groups excluding carboxylic acids is 1. The number of esters is 1. The first-order valence-electron chi connectivity index (χ1n) is 5.73. The van der Waals surface area contributed by atoms with Crippen molar-refractivity contribution in [2.24, 2.45) is 5.92 Å². The van der Waals surface area contributed by atoms with E-state index in [1.807, 2.05) is 32.0 Å². The van der Waals surface area contributed by atoms with Gasteiger partial charge in [0.25, 0.3) is 0 Å². The van der Waals surface area contributed by atoms with E-state index in [2.05, 4.69) is 36.7 Å². The molecule has 1 aromatic carbocycles. The van der Waals surface area contributed by atoms with Gasteiger partial charge in [-0.1, -0.05) is 40.7 Å². The fourth-order valence-electron chi connectivity index (χ4n) is 1.28. The van der Waals surface area contributed by atoms with Crippen LogP contribution in [0.15, 0.2) is 22.7 Å². The zero-order chi connectivity index (χ0) is 13.2. The first-order chi connectivity index (χ1) is 7.71. The van der Waals surface area contributed by atoms with Crippen LogP contribution >= 0.6 is 15.9 Å². The van der Waals surface area contributed by atoms with E-state index < -0.39 is 0 Å². The van der Waals surface area contributed by atoms with Crippen LogP contribution in [0.25, 0.3) is 0 Å². The molecule has 0 bridgehead atoms. The second-order valence-electron chi connectivity index (χ2n) is 5.47. The largest absolute Gasteiger partial charge is 0.425 e. The highest BCUT2D eigenvalue weighted by Gasteiger charge is 2.17. The van der Waals surface area contributed by atoms with Gasteiger partial charge in [0.05, 0.1) is 10.4 Å². The van der Waals surface area contributed by atoms with Crippen molar-refractivity contribution in [3.05, 3.63) is 28.2 Å². The standard InChI is InChI=1S/C14H19BrO2/c1-9(2)13(16)17-12-7-6-10(8-11(12)15)14(3,4)5/h6-9H,1-5H3. The molecule has 0 amide bonds. The van der Waals surface area contributed by atoms with Crippen molar-refractivity contribution in [3.63, 3.8) is 0 Å². The van der Waals surface area contributed by atoms with Crippen molar-refractivity contribution in [3.8, 4) is 5.75 Å². The van der Waals surface area contributed by atoms with Crippen molar-refractivity contribution in [2.75, 3.05) is 0 Å². The van der Waals surface area contributed by atoms with Gasteiger partial charge in [0.1, 0.15) is 5.75 Å². The Morgan fingerprint density at radius 2 is 1.88 bits per heavy atom. The Kier molecular flexibility index (Phi) is 4.36. The molecule has 0 N–H and O–H groups in total. The number of rotatable bonds is 2. The molecule has 0 aliphatic heterocycles. The summed E-state index contributed by atoms with van der Waals surface area (Å²) in [6.45, 7) is 10.1. The van der Waals surface area contributed by atoms with E-state index in [0.717, 1.165) is 4.47 Å². The number of halogens is 1. The zero-order valence-corrected chi connectivity index (χ0v) is 12.6. The van der Waals surface area contributed by atoms with Crippen molar-refractivity contribution in [2.45, 2.75) is 40.0 Å². The van der Waals surface area contributed by atoms with Gasteiger partial charge in [-0.2, -0.15) is 0 Å². The van der Waals surface area contributed by atoms with E-state index in [1.54, 1.807) is 0 Å². The Morgan fingerprint density at radius 3 is 2.29 bits per heavy atom. The summed E-state index contributed by atoms with van der Waals surface area (Å²) in [5.74, 6) is 0.245. The summed E-state index contributed by atoms with van der Waals surface area (Å²) in [5, 5.41) is 0. The Bertz CT molecular complexity index is 417. The second-order valence-corrected chi connectivity index (χ2v) is 6.33. The van der Waals surface area contributed by atoms with Crippen molar-refractivity contribution < 1.29 is 9.53 Å². The normalized spacial score (nSPS) is 11.7. The first-order valence-corrected chi connectivity index (χ1v) is 6.53. The third kappa shape index (κ3) is 3.84. The summed E-state index contributed by atoms with van der Waals surface area (Å²) in [4.78, 5) is 11.5. The molecule has 0 spiro atoms. The lowest BCUT2D eigenvalue weighted by Gasteiger charge is -2.20. The molecule has 0 fully saturated rings. The van der Waals surface area contributed by atoms with E-state index in [4.69, 9.17) is 4.74 Å². The summed E-state index contributed by atoms with van der Waals surface area (Å²) in [6.07, 6.45) is 0. The van der Waals surface area contributed by atoms with Crippen LogP contribution in [0.1, 0.15) is 40.2 Å². The minimum absolute atomic E-state index is 0.0864. The second kappa shape index (κ2) is 5.21. The predicted molar refractivity (Wildman–Crippen MR) is 73.3 cm³/mol. The average Bonchev–Trinajstić information content (AvgIpc) is 2.19. The van der Waals surface area contributed by atoms with Gasteiger partial charge < -0.3 is 4.74 Å². The summed E-state index contributed by atoms with van der Waals surface area (Å²) >= 11 is 3.44. The van der Waals surface area contributed by atoms with Gasteiger partial charge >= 0.3 is 5.97 Å². The summed E-state index contributed by atoms with van der Waals surface area (Å²) in [7, 11) is 0. The molecular formula is C14H19BrO2. The van der Waals surface area contributed by atoms with Gasteiger partial charge in [-0.05, 0) is 39.0 Å². The average molecular weight is 299 g/mol. The van der Waals surface area contributed by atoms with E-state index >= 15 is 0 Å². The Hall–Kier alpha value is -0.830. The lowest BCUT2D eigenvalue weighted by molar-refractivity contribution is -0.137. The van der Waals surface area contributed by atoms with E-state index in [0.29, 0.717) is 5.75 Å². The fraction of sp³-hybridized carbons (Fsp3) is 0.500. The van der Waals surface area contributed by atoms with Crippen molar-refractivity contribution in [1.82, 2.24) is 0 Å². The molecular weight excluding hydrogens is 280 g/mol. The van der Waals surface area contributed by atoms with Gasteiger partial charge in [0, 0.05) is 0 Å². The molecule has 2 nitrogen and oxygen atoms in total. The molecule has 17 heavy (non-hydrogen) atoms. The molecule has 0 atom stereocenters. The van der Waals surface area contributed by atoms with Crippen LogP contribution in [0.4, 0.5) is 0 Å². The molecule has 1 rings (SSSR count). The number of hydrogen-bond donors (Lipinski definition) is 0. The van der Waals surface area contributed by atoms with Crippen LogP contribution in [-0.2, 0) is 10.2 Å². The van der Waals surface area contributed by atoms with E-state index in [9.17, 15) is 4.79 Å². The number of hydrogen-bond acceptors (Lipinski definition) is 2. The topological polar surface area (TPSA) is 26.3 Å². The molecule has 0 saturated carbocycles. The first kappa shape index (κ1) is 14.2. The maximum atomic E-state index is 11.5. The molecule has 94 valence electrons. The minimum Gasteiger partial charge on any atom is -0.425 e. The highest BCUT2D eigenvalue weighted by atomic mass is 79.9. The van der Waals surface area contributed by atoms with Crippen molar-refractivity contribution >= 4 is 21.9 Å². The highest BCUT2D eigenvalue weighted by molar-refractivity contribution is 9.10. The molecule has 0 heterocycles. The molecule has 0 aliphatic rings. The number of benzene rings is 1. The number of carbonyl (C=O) groups is 1. The lowest BCUT2D eigenvalue weighted by atomic mass is 9.87. The number of ether oxygens (including phenoxy) is 1. The monoisotopic (exact) mass is 298 g/mol. The summed E-state index contributed by atoms with van der Waals surface area (Å²) in [6, 6.07) is 5.83. The van der Waals surface area contributed by atoms with E-state index in [1.165, 1.54) is 5.56 Å². The van der Waals surface area contributed by atoms with Crippen LogP contribution in [0.5, 0.6) is 5.75 Å². The maximum absolute atomic E-state index is 11.5. The van der Waals surface area contributed by atoms with Crippen LogP contribution in [-0.4, -0.2) is 5.97 Å². The van der Waals surface area contributed by atoms with Gasteiger partial charge in [0.2, 0.25) is 0 Å². The molecule has 1 aromatic rings. The Labute approximate surface area is 111 Å². The predicted octanol–water partition coefficient (Wildman–Crippen LogP) is 4.31. The molecule has 0 radical (unpaired) electrons. The van der Waals surface area contributed by atoms with Crippen molar-refractivity contribution in [1.29, 1.82) is 0 Å². The van der Waals surface area contributed by atoms with Crippen LogP contribution < -0.4 is 4.74 Å². The van der Waals surface area contributed by atoms with Gasteiger partial charge in [-0.15, -0.1) is 0 Å². The van der Waals surface area contributed by atoms with E-state index in [-0.39, 0.29) is 17.3 Å². The summed E-state index contributed by atoms with van der Waals surface area (Å²) in [5.41, 5.74) is 1.29. The van der Waals surface area contributed by atoms with Gasteiger partial charge in [-0.25, -0.2) is 0 Å². The highest BCUT2D eigenvalue weighted by Crippen LogP contribution is 2.31. The third-order valence-electron chi connectivity index (χ3n) is 2.48.